The minimum Gasteiger partial charge on any atom is -0.388 e. The van der Waals surface area contributed by atoms with Gasteiger partial charge in [-0.25, -0.2) is 0 Å². The first-order chi connectivity index (χ1) is 9.63. The van der Waals surface area contributed by atoms with E-state index < -0.39 is 6.10 Å². The third-order valence-corrected chi connectivity index (χ3v) is 4.62. The van der Waals surface area contributed by atoms with Gasteiger partial charge in [-0.1, -0.05) is 47.5 Å². The molecule has 1 aromatic carbocycles. The summed E-state index contributed by atoms with van der Waals surface area (Å²) >= 11 is 13.2. The molecule has 0 spiro atoms. The summed E-state index contributed by atoms with van der Waals surface area (Å²) in [6.07, 6.45) is -0.280. The lowest BCUT2D eigenvalue weighted by molar-refractivity contribution is 0.178. The molecule has 102 valence electrons. The molecule has 0 aliphatic carbocycles. The lowest BCUT2D eigenvalue weighted by atomic mass is 10.1. The van der Waals surface area contributed by atoms with Crippen molar-refractivity contribution in [3.8, 4) is 0 Å². The minimum atomic E-state index is -0.695. The minimum absolute atomic E-state index is 0.414. The van der Waals surface area contributed by atoms with Gasteiger partial charge in [-0.3, -0.25) is 4.98 Å². The fraction of sp³-hybridized carbons (Fsp3) is 0.133. The SMILES string of the molecule is OC(Cc1ccc2ccccc2n1)c1cc(Cl)sc1Cl. The van der Waals surface area contributed by atoms with E-state index in [4.69, 9.17) is 23.2 Å². The van der Waals surface area contributed by atoms with Crippen molar-refractivity contribution in [3.05, 3.63) is 62.4 Å². The Morgan fingerprint density at radius 1 is 1.15 bits per heavy atom. The average molecular weight is 324 g/mol. The fourth-order valence-corrected chi connectivity index (χ4v) is 3.68. The summed E-state index contributed by atoms with van der Waals surface area (Å²) in [5, 5.41) is 11.3. The fourth-order valence-electron chi connectivity index (χ4n) is 2.11. The number of hydrogen-bond donors (Lipinski definition) is 1. The van der Waals surface area contributed by atoms with Crippen LogP contribution in [0, 0.1) is 0 Å². The van der Waals surface area contributed by atoms with Gasteiger partial charge in [0.2, 0.25) is 0 Å². The standard InChI is InChI=1S/C15H11Cl2NOS/c16-14-8-11(15(17)20-14)13(19)7-10-6-5-9-3-1-2-4-12(9)18-10/h1-6,8,13,19H,7H2. The van der Waals surface area contributed by atoms with Crippen LogP contribution >= 0.6 is 34.5 Å². The van der Waals surface area contributed by atoms with Gasteiger partial charge in [0.25, 0.3) is 0 Å². The Kier molecular flexibility index (Phi) is 3.94. The van der Waals surface area contributed by atoms with Crippen molar-refractivity contribution in [1.82, 2.24) is 4.98 Å². The Hall–Kier alpha value is -1.13. The molecule has 3 rings (SSSR count). The van der Waals surface area contributed by atoms with Crippen LogP contribution in [0.3, 0.4) is 0 Å². The van der Waals surface area contributed by atoms with E-state index in [9.17, 15) is 5.11 Å². The number of nitrogens with zero attached hydrogens (tertiary/aromatic N) is 1. The van der Waals surface area contributed by atoms with Crippen molar-refractivity contribution in [2.45, 2.75) is 12.5 Å². The molecule has 1 N–H and O–H groups in total. The van der Waals surface area contributed by atoms with Gasteiger partial charge in [-0.2, -0.15) is 0 Å². The van der Waals surface area contributed by atoms with Crippen molar-refractivity contribution in [1.29, 1.82) is 0 Å². The number of halogens is 2. The van der Waals surface area contributed by atoms with Crippen LogP contribution in [0.5, 0.6) is 0 Å². The Morgan fingerprint density at radius 3 is 2.70 bits per heavy atom. The first-order valence-corrected chi connectivity index (χ1v) is 7.68. The van der Waals surface area contributed by atoms with Crippen molar-refractivity contribution in [2.24, 2.45) is 0 Å². The molecule has 0 amide bonds. The summed E-state index contributed by atoms with van der Waals surface area (Å²) in [5.74, 6) is 0. The summed E-state index contributed by atoms with van der Waals surface area (Å²) in [4.78, 5) is 4.54. The highest BCUT2D eigenvalue weighted by molar-refractivity contribution is 7.20. The van der Waals surface area contributed by atoms with Gasteiger partial charge >= 0.3 is 0 Å². The van der Waals surface area contributed by atoms with Crippen LogP contribution in [-0.4, -0.2) is 10.1 Å². The maximum Gasteiger partial charge on any atom is 0.100 e. The Labute approximate surface area is 130 Å². The number of hydrogen-bond acceptors (Lipinski definition) is 3. The zero-order valence-corrected chi connectivity index (χ0v) is 12.7. The molecule has 2 nitrogen and oxygen atoms in total. The van der Waals surface area contributed by atoms with E-state index in [2.05, 4.69) is 4.98 Å². The van der Waals surface area contributed by atoms with Gasteiger partial charge in [0.1, 0.15) is 4.34 Å². The second kappa shape index (κ2) is 5.70. The lowest BCUT2D eigenvalue weighted by Gasteiger charge is -2.09. The van der Waals surface area contributed by atoms with Crippen molar-refractivity contribution >= 4 is 45.4 Å². The highest BCUT2D eigenvalue weighted by Crippen LogP contribution is 2.36. The van der Waals surface area contributed by atoms with Crippen LogP contribution < -0.4 is 0 Å². The molecule has 0 saturated heterocycles. The summed E-state index contributed by atoms with van der Waals surface area (Å²) in [6, 6.07) is 13.5. The quantitative estimate of drug-likeness (QED) is 0.745. The van der Waals surface area contributed by atoms with E-state index in [-0.39, 0.29) is 0 Å². The molecule has 0 fully saturated rings. The molecular formula is C15H11Cl2NOS. The Bertz CT molecular complexity index is 756. The van der Waals surface area contributed by atoms with Gasteiger partial charge in [0.05, 0.1) is 16.0 Å². The van der Waals surface area contributed by atoms with Gasteiger partial charge in [0, 0.05) is 23.1 Å². The number of aliphatic hydroxyl groups excluding tert-OH is 1. The van der Waals surface area contributed by atoms with Gasteiger partial charge in [-0.05, 0) is 18.2 Å². The second-order valence-corrected chi connectivity index (χ2v) is 6.78. The molecule has 0 aliphatic rings. The third-order valence-electron chi connectivity index (χ3n) is 3.10. The molecule has 0 saturated carbocycles. The van der Waals surface area contributed by atoms with Gasteiger partial charge in [-0.15, -0.1) is 11.3 Å². The predicted octanol–water partition coefficient (Wildman–Crippen LogP) is 4.88. The topological polar surface area (TPSA) is 33.1 Å². The van der Waals surface area contributed by atoms with E-state index >= 15 is 0 Å². The molecule has 1 unspecified atom stereocenters. The van der Waals surface area contributed by atoms with Crippen molar-refractivity contribution < 1.29 is 5.11 Å². The summed E-state index contributed by atoms with van der Waals surface area (Å²) in [5.41, 5.74) is 2.41. The zero-order valence-electron chi connectivity index (χ0n) is 10.4. The molecule has 3 aromatic rings. The van der Waals surface area contributed by atoms with Crippen LogP contribution in [0.1, 0.15) is 17.4 Å². The molecule has 1 atom stereocenters. The number of aromatic nitrogens is 1. The van der Waals surface area contributed by atoms with Crippen LogP contribution in [0.2, 0.25) is 8.67 Å². The second-order valence-electron chi connectivity index (χ2n) is 4.49. The summed E-state index contributed by atoms with van der Waals surface area (Å²) < 4.78 is 1.11. The van der Waals surface area contributed by atoms with Crippen LogP contribution in [-0.2, 0) is 6.42 Å². The highest BCUT2D eigenvalue weighted by atomic mass is 35.5. The first-order valence-electron chi connectivity index (χ1n) is 6.11. The smallest absolute Gasteiger partial charge is 0.100 e. The van der Waals surface area contributed by atoms with Crippen LogP contribution in [0.25, 0.3) is 10.9 Å². The number of aliphatic hydroxyl groups is 1. The third kappa shape index (κ3) is 2.81. The van der Waals surface area contributed by atoms with E-state index in [1.807, 2.05) is 36.4 Å². The first kappa shape index (κ1) is 13.8. The summed E-state index contributed by atoms with van der Waals surface area (Å²) in [7, 11) is 0. The van der Waals surface area contributed by atoms with E-state index in [1.165, 1.54) is 11.3 Å². The predicted molar refractivity (Wildman–Crippen MR) is 84.7 cm³/mol. The number of thiophene rings is 1. The average Bonchev–Trinajstić information content (AvgIpc) is 2.78. The molecular weight excluding hydrogens is 313 g/mol. The van der Waals surface area contributed by atoms with Crippen LogP contribution in [0.4, 0.5) is 0 Å². The monoisotopic (exact) mass is 323 g/mol. The number of rotatable bonds is 3. The van der Waals surface area contributed by atoms with E-state index in [0.29, 0.717) is 20.7 Å². The number of fused-ring (bicyclic) bond motifs is 1. The molecule has 20 heavy (non-hydrogen) atoms. The highest BCUT2D eigenvalue weighted by Gasteiger charge is 2.16. The maximum atomic E-state index is 10.3. The van der Waals surface area contributed by atoms with E-state index in [1.54, 1.807) is 6.07 Å². The number of benzene rings is 1. The molecule has 5 heteroatoms. The lowest BCUT2D eigenvalue weighted by Crippen LogP contribution is -2.02. The van der Waals surface area contributed by atoms with E-state index in [0.717, 1.165) is 16.6 Å². The molecule has 2 heterocycles. The Morgan fingerprint density at radius 2 is 1.95 bits per heavy atom. The summed E-state index contributed by atoms with van der Waals surface area (Å²) in [6.45, 7) is 0. The number of para-hydroxylation sites is 1. The molecule has 2 aromatic heterocycles. The number of pyridine rings is 1. The normalized spacial score (nSPS) is 12.8. The van der Waals surface area contributed by atoms with Crippen molar-refractivity contribution in [3.63, 3.8) is 0 Å². The zero-order chi connectivity index (χ0) is 14.1. The Balaban J connectivity index is 1.87. The van der Waals surface area contributed by atoms with Gasteiger partial charge < -0.3 is 5.11 Å². The molecule has 0 radical (unpaired) electrons. The maximum absolute atomic E-state index is 10.3. The largest absolute Gasteiger partial charge is 0.388 e. The van der Waals surface area contributed by atoms with Crippen molar-refractivity contribution in [2.75, 3.05) is 0 Å². The molecule has 0 aliphatic heterocycles. The van der Waals surface area contributed by atoms with Crippen LogP contribution in [0.15, 0.2) is 42.5 Å². The van der Waals surface area contributed by atoms with Gasteiger partial charge in [0.15, 0.2) is 0 Å². The molecule has 0 bridgehead atoms.